The average molecular weight is 521 g/mol. The molecule has 0 aliphatic carbocycles. The number of methoxy groups -OCH3 is 1. The van der Waals surface area contributed by atoms with Crippen LogP contribution in [0.1, 0.15) is 39.7 Å². The van der Waals surface area contributed by atoms with Crippen LogP contribution in [-0.2, 0) is 21.2 Å². The molecule has 0 bridgehead atoms. The molecule has 200 valence electrons. The number of sulfonamides is 1. The van der Waals surface area contributed by atoms with E-state index in [2.05, 4.69) is 5.32 Å². The summed E-state index contributed by atoms with van der Waals surface area (Å²) in [7, 11) is -2.43. The molecule has 4 atom stereocenters. The fourth-order valence-electron chi connectivity index (χ4n) is 3.70. The Hall–Kier alpha value is -2.46. The van der Waals surface area contributed by atoms with Gasteiger partial charge in [0, 0.05) is 13.1 Å². The summed E-state index contributed by atoms with van der Waals surface area (Å²) in [5.41, 5.74) is 0.868. The first-order chi connectivity index (χ1) is 17.0. The van der Waals surface area contributed by atoms with Gasteiger partial charge in [0.2, 0.25) is 15.9 Å². The minimum absolute atomic E-state index is 0.0511. The van der Waals surface area contributed by atoms with Gasteiger partial charge in [0.15, 0.2) is 0 Å². The van der Waals surface area contributed by atoms with Crippen molar-refractivity contribution < 1.29 is 28.2 Å². The zero-order chi connectivity index (χ0) is 26.9. The van der Waals surface area contributed by atoms with Gasteiger partial charge in [-0.3, -0.25) is 4.79 Å². The highest BCUT2D eigenvalue weighted by atomic mass is 32.2. The van der Waals surface area contributed by atoms with Gasteiger partial charge < -0.3 is 20.3 Å². The molecule has 0 aliphatic heterocycles. The third-order valence-corrected chi connectivity index (χ3v) is 8.14. The van der Waals surface area contributed by atoms with Crippen LogP contribution in [0.4, 0.5) is 0 Å². The number of nitrogens with one attached hydrogen (secondary N) is 1. The molecule has 2 rings (SSSR count). The van der Waals surface area contributed by atoms with Crippen molar-refractivity contribution in [2.45, 2.75) is 63.7 Å². The van der Waals surface area contributed by atoms with E-state index in [9.17, 15) is 23.4 Å². The summed E-state index contributed by atoms with van der Waals surface area (Å²) in [5, 5.41) is 24.2. The molecule has 4 unspecified atom stereocenters. The second kappa shape index (κ2) is 13.7. The van der Waals surface area contributed by atoms with Crippen molar-refractivity contribution in [1.29, 1.82) is 0 Å². The Morgan fingerprint density at radius 3 is 2.14 bits per heavy atom. The predicted molar refractivity (Wildman–Crippen MR) is 140 cm³/mol. The van der Waals surface area contributed by atoms with Crippen LogP contribution in [0, 0.1) is 11.8 Å². The van der Waals surface area contributed by atoms with E-state index in [-0.39, 0.29) is 36.2 Å². The van der Waals surface area contributed by atoms with Crippen molar-refractivity contribution in [1.82, 2.24) is 9.62 Å². The predicted octanol–water partition coefficient (Wildman–Crippen LogP) is 2.84. The number of ether oxygens (including phenoxy) is 1. The summed E-state index contributed by atoms with van der Waals surface area (Å²) in [6.07, 6.45) is -1.42. The number of hydrogen-bond acceptors (Lipinski definition) is 6. The third kappa shape index (κ3) is 8.30. The molecule has 2 aromatic rings. The Balaban J connectivity index is 2.35. The van der Waals surface area contributed by atoms with Crippen molar-refractivity contribution >= 4 is 15.9 Å². The summed E-state index contributed by atoms with van der Waals surface area (Å²) >= 11 is 0. The Bertz CT molecular complexity index is 1040. The number of hydrogen-bond donors (Lipinski definition) is 3. The van der Waals surface area contributed by atoms with E-state index in [4.69, 9.17) is 4.74 Å². The van der Waals surface area contributed by atoms with E-state index in [1.54, 1.807) is 26.0 Å². The quantitative estimate of drug-likeness (QED) is 0.353. The van der Waals surface area contributed by atoms with Gasteiger partial charge in [-0.15, -0.1) is 0 Å². The van der Waals surface area contributed by atoms with Gasteiger partial charge in [-0.2, -0.15) is 4.31 Å². The number of aliphatic hydroxyl groups is 2. The molecule has 2 aromatic carbocycles. The van der Waals surface area contributed by atoms with Crippen LogP contribution < -0.4 is 10.1 Å². The average Bonchev–Trinajstić information content (AvgIpc) is 2.87. The lowest BCUT2D eigenvalue weighted by Crippen LogP contribution is -2.53. The highest BCUT2D eigenvalue weighted by Gasteiger charge is 2.32. The summed E-state index contributed by atoms with van der Waals surface area (Å²) in [6.45, 7) is 7.37. The zero-order valence-corrected chi connectivity index (χ0v) is 22.6. The summed E-state index contributed by atoms with van der Waals surface area (Å²) in [4.78, 5) is 12.8. The zero-order valence-electron chi connectivity index (χ0n) is 21.8. The van der Waals surface area contributed by atoms with Crippen LogP contribution >= 0.6 is 0 Å². The van der Waals surface area contributed by atoms with Gasteiger partial charge in [-0.1, -0.05) is 64.4 Å². The van der Waals surface area contributed by atoms with E-state index < -0.39 is 34.2 Å². The van der Waals surface area contributed by atoms with Crippen molar-refractivity contribution in [3.63, 3.8) is 0 Å². The topological polar surface area (TPSA) is 116 Å². The smallest absolute Gasteiger partial charge is 0.249 e. The normalized spacial score (nSPS) is 15.4. The highest BCUT2D eigenvalue weighted by Crippen LogP contribution is 2.22. The molecule has 1 amide bonds. The lowest BCUT2D eigenvalue weighted by molar-refractivity contribution is -0.133. The maximum atomic E-state index is 13.6. The van der Waals surface area contributed by atoms with Crippen LogP contribution in [-0.4, -0.2) is 67.3 Å². The lowest BCUT2D eigenvalue weighted by Gasteiger charge is -2.31. The van der Waals surface area contributed by atoms with Crippen molar-refractivity contribution in [3.8, 4) is 5.75 Å². The fraction of sp³-hybridized carbons (Fsp3) is 0.519. The SMILES string of the molecule is CCC(C)CN(CC(O)C(Cc1ccccc1)NC(=O)C(O)C(C)C)S(=O)(=O)c1ccc(OC)cc1. The Morgan fingerprint density at radius 2 is 1.61 bits per heavy atom. The van der Waals surface area contributed by atoms with E-state index in [1.807, 2.05) is 44.2 Å². The molecule has 3 N–H and O–H groups in total. The molecule has 9 heteroatoms. The second-order valence-electron chi connectivity index (χ2n) is 9.57. The van der Waals surface area contributed by atoms with Gasteiger partial charge in [-0.25, -0.2) is 8.42 Å². The number of carbonyl (C=O) groups excluding carboxylic acids is 1. The first-order valence-electron chi connectivity index (χ1n) is 12.3. The molecule has 0 heterocycles. The molecule has 0 radical (unpaired) electrons. The first-order valence-corrected chi connectivity index (χ1v) is 13.8. The minimum atomic E-state index is -3.94. The molecular formula is C27H40N2O6S. The van der Waals surface area contributed by atoms with Crippen LogP contribution in [0.15, 0.2) is 59.5 Å². The molecular weight excluding hydrogens is 480 g/mol. The van der Waals surface area contributed by atoms with Crippen molar-refractivity contribution in [2.24, 2.45) is 11.8 Å². The van der Waals surface area contributed by atoms with Crippen molar-refractivity contribution in [3.05, 3.63) is 60.2 Å². The van der Waals surface area contributed by atoms with E-state index in [0.29, 0.717) is 5.75 Å². The molecule has 36 heavy (non-hydrogen) atoms. The van der Waals surface area contributed by atoms with Gasteiger partial charge in [0.25, 0.3) is 0 Å². The maximum Gasteiger partial charge on any atom is 0.249 e. The van der Waals surface area contributed by atoms with E-state index in [0.717, 1.165) is 12.0 Å². The summed E-state index contributed by atoms with van der Waals surface area (Å²) < 4.78 is 33.5. The molecule has 0 aromatic heterocycles. The van der Waals surface area contributed by atoms with Gasteiger partial charge in [0.1, 0.15) is 11.9 Å². The van der Waals surface area contributed by atoms with Crippen LogP contribution in [0.5, 0.6) is 5.75 Å². The second-order valence-corrected chi connectivity index (χ2v) is 11.5. The van der Waals surface area contributed by atoms with Gasteiger partial charge in [0.05, 0.1) is 24.2 Å². The molecule has 0 spiro atoms. The molecule has 0 aliphatic rings. The summed E-state index contributed by atoms with van der Waals surface area (Å²) in [5.74, 6) is -0.319. The van der Waals surface area contributed by atoms with Crippen molar-refractivity contribution in [2.75, 3.05) is 20.2 Å². The maximum absolute atomic E-state index is 13.6. The fourth-order valence-corrected chi connectivity index (χ4v) is 5.28. The summed E-state index contributed by atoms with van der Waals surface area (Å²) in [6, 6.07) is 14.6. The number of benzene rings is 2. The van der Waals surface area contributed by atoms with Crippen LogP contribution in [0.2, 0.25) is 0 Å². The Morgan fingerprint density at radius 1 is 1.00 bits per heavy atom. The van der Waals surface area contributed by atoms with E-state index in [1.165, 1.54) is 23.5 Å². The molecule has 0 fully saturated rings. The monoisotopic (exact) mass is 520 g/mol. The van der Waals surface area contributed by atoms with E-state index >= 15 is 0 Å². The number of aliphatic hydroxyl groups excluding tert-OH is 2. The van der Waals surface area contributed by atoms with Gasteiger partial charge in [-0.05, 0) is 48.1 Å². The standard InChI is InChI=1S/C27H40N2O6S/c1-6-20(4)17-29(36(33,34)23-14-12-22(35-5)13-15-23)18-25(30)24(16-21-10-8-7-9-11-21)28-27(32)26(31)19(2)3/h7-15,19-20,24-26,30-31H,6,16-18H2,1-5H3,(H,28,32). The minimum Gasteiger partial charge on any atom is -0.497 e. The number of nitrogens with zero attached hydrogens (tertiary/aromatic N) is 1. The Kier molecular flexibility index (Phi) is 11.4. The lowest BCUT2D eigenvalue weighted by atomic mass is 9.99. The Labute approximate surface area is 215 Å². The largest absolute Gasteiger partial charge is 0.497 e. The molecule has 0 saturated carbocycles. The highest BCUT2D eigenvalue weighted by molar-refractivity contribution is 7.89. The number of carbonyl (C=O) groups is 1. The van der Waals surface area contributed by atoms with Crippen LogP contribution in [0.25, 0.3) is 0 Å². The first kappa shape index (κ1) is 29.8. The van der Waals surface area contributed by atoms with Gasteiger partial charge >= 0.3 is 0 Å². The molecule has 8 nitrogen and oxygen atoms in total. The molecule has 0 saturated heterocycles. The number of rotatable bonds is 14. The number of amides is 1. The van der Waals surface area contributed by atoms with Crippen LogP contribution in [0.3, 0.4) is 0 Å². The third-order valence-electron chi connectivity index (χ3n) is 6.29.